The van der Waals surface area contributed by atoms with Gasteiger partial charge in [-0.05, 0) is 68.7 Å². The molecule has 1 aliphatic heterocycles. The summed E-state index contributed by atoms with van der Waals surface area (Å²) < 4.78 is 5.82. The van der Waals surface area contributed by atoms with E-state index in [1.165, 1.54) is 0 Å². The van der Waals surface area contributed by atoms with E-state index in [1.54, 1.807) is 18.5 Å². The lowest BCUT2D eigenvalue weighted by Gasteiger charge is -2.38. The number of ether oxygens (including phenoxy) is 1. The second kappa shape index (κ2) is 8.46. The molecule has 0 bridgehead atoms. The van der Waals surface area contributed by atoms with Crippen molar-refractivity contribution in [2.24, 2.45) is 0 Å². The number of hydrogen-bond acceptors (Lipinski definition) is 6. The van der Waals surface area contributed by atoms with Crippen molar-refractivity contribution in [3.8, 4) is 11.4 Å². The van der Waals surface area contributed by atoms with Crippen LogP contribution in [0.15, 0.2) is 61.1 Å². The van der Waals surface area contributed by atoms with Gasteiger partial charge in [0, 0.05) is 24.6 Å². The van der Waals surface area contributed by atoms with Crippen LogP contribution in [0, 0.1) is 0 Å². The zero-order valence-electron chi connectivity index (χ0n) is 19.0. The van der Waals surface area contributed by atoms with Crippen molar-refractivity contribution in [1.82, 2.24) is 19.9 Å². The molecule has 1 amide bonds. The summed E-state index contributed by atoms with van der Waals surface area (Å²) in [6.45, 7) is 4.00. The number of pyridine rings is 1. The van der Waals surface area contributed by atoms with E-state index in [9.17, 15) is 4.79 Å². The molecule has 1 saturated carbocycles. The maximum atomic E-state index is 12.9. The van der Waals surface area contributed by atoms with Gasteiger partial charge in [0.25, 0.3) is 0 Å². The normalized spacial score (nSPS) is 24.5. The molecule has 2 fully saturated rings. The number of anilines is 1. The summed E-state index contributed by atoms with van der Waals surface area (Å²) in [5, 5.41) is 0. The molecule has 3 heterocycles. The highest BCUT2D eigenvalue weighted by molar-refractivity contribution is 5.72. The van der Waals surface area contributed by atoms with Crippen molar-refractivity contribution in [2.45, 2.75) is 63.1 Å². The van der Waals surface area contributed by atoms with Crippen molar-refractivity contribution in [2.75, 3.05) is 5.73 Å². The first-order chi connectivity index (χ1) is 15.9. The monoisotopic (exact) mass is 443 g/mol. The number of nitrogen functional groups attached to an aromatic ring is 1. The van der Waals surface area contributed by atoms with Crippen LogP contribution in [0.2, 0.25) is 0 Å². The Kier molecular flexibility index (Phi) is 5.48. The fraction of sp³-hybridized carbons (Fsp3) is 0.385. The van der Waals surface area contributed by atoms with Gasteiger partial charge in [0.2, 0.25) is 0 Å². The van der Waals surface area contributed by atoms with E-state index in [0.29, 0.717) is 17.6 Å². The summed E-state index contributed by atoms with van der Waals surface area (Å²) in [6.07, 6.45) is 8.84. The quantitative estimate of drug-likeness (QED) is 0.601. The van der Waals surface area contributed by atoms with Gasteiger partial charge in [-0.2, -0.15) is 0 Å². The Labute approximate surface area is 194 Å². The predicted octanol–water partition coefficient (Wildman–Crippen LogP) is 5.12. The molecule has 2 aromatic heterocycles. The summed E-state index contributed by atoms with van der Waals surface area (Å²) in [6, 6.07) is 14.1. The average molecular weight is 444 g/mol. The van der Waals surface area contributed by atoms with Crippen molar-refractivity contribution in [1.29, 1.82) is 0 Å². The van der Waals surface area contributed by atoms with Crippen LogP contribution in [0.3, 0.4) is 0 Å². The highest BCUT2D eigenvalue weighted by atomic mass is 16.6. The number of rotatable bonds is 4. The molecule has 1 atom stereocenters. The zero-order chi connectivity index (χ0) is 23.0. The molecule has 33 heavy (non-hydrogen) atoms. The minimum atomic E-state index is -0.569. The van der Waals surface area contributed by atoms with Crippen LogP contribution in [0.25, 0.3) is 11.4 Å². The molecule has 2 N–H and O–H groups in total. The highest BCUT2D eigenvalue weighted by Crippen LogP contribution is 2.46. The van der Waals surface area contributed by atoms with E-state index >= 15 is 0 Å². The van der Waals surface area contributed by atoms with E-state index in [-0.39, 0.29) is 18.2 Å². The summed E-state index contributed by atoms with van der Waals surface area (Å²) in [4.78, 5) is 28.0. The van der Waals surface area contributed by atoms with E-state index in [4.69, 9.17) is 10.5 Å². The Morgan fingerprint density at radius 2 is 1.67 bits per heavy atom. The number of carbonyl (C=O) groups is 1. The molecule has 1 unspecified atom stereocenters. The lowest BCUT2D eigenvalue weighted by atomic mass is 9.80. The maximum absolute atomic E-state index is 12.9. The molecule has 1 aliphatic carbocycles. The van der Waals surface area contributed by atoms with Crippen LogP contribution in [0.4, 0.5) is 10.6 Å². The standard InChI is InChI=1S/C26H29N5O2/c1-26(2)22(18-7-4-3-5-8-18)31(25(32)33-26)20-11-9-17(10-12-20)19-15-21(23(27)30-16-19)24-28-13-6-14-29-24/h3-8,13-17,20,22H,9-12H2,1-2H3,(H2,27,30). The van der Waals surface area contributed by atoms with Crippen molar-refractivity contribution >= 4 is 11.9 Å². The third-order valence-corrected chi connectivity index (χ3v) is 6.92. The Balaban J connectivity index is 1.35. The summed E-state index contributed by atoms with van der Waals surface area (Å²) >= 11 is 0. The van der Waals surface area contributed by atoms with Gasteiger partial charge in [0.1, 0.15) is 11.4 Å². The first-order valence-electron chi connectivity index (χ1n) is 11.5. The second-order valence-electron chi connectivity index (χ2n) is 9.47. The van der Waals surface area contributed by atoms with Gasteiger partial charge in [-0.25, -0.2) is 19.7 Å². The van der Waals surface area contributed by atoms with Gasteiger partial charge >= 0.3 is 6.09 Å². The molecule has 3 aromatic rings. The minimum absolute atomic E-state index is 0.0900. The molecule has 5 rings (SSSR count). The van der Waals surface area contributed by atoms with E-state index < -0.39 is 5.60 Å². The van der Waals surface area contributed by atoms with Crippen LogP contribution >= 0.6 is 0 Å². The number of nitrogens with two attached hydrogens (primary N) is 1. The first-order valence-corrected chi connectivity index (χ1v) is 11.5. The topological polar surface area (TPSA) is 94.2 Å². The summed E-state index contributed by atoms with van der Waals surface area (Å²) in [5.41, 5.74) is 8.58. The Morgan fingerprint density at radius 1 is 0.970 bits per heavy atom. The van der Waals surface area contributed by atoms with Crippen LogP contribution in [0.1, 0.15) is 62.6 Å². The minimum Gasteiger partial charge on any atom is -0.441 e. The van der Waals surface area contributed by atoms with Crippen LogP contribution in [-0.4, -0.2) is 37.6 Å². The molecule has 170 valence electrons. The van der Waals surface area contributed by atoms with Gasteiger partial charge in [0.05, 0.1) is 11.6 Å². The fourth-order valence-electron chi connectivity index (χ4n) is 5.35. The smallest absolute Gasteiger partial charge is 0.411 e. The average Bonchev–Trinajstić information content (AvgIpc) is 3.08. The molecule has 2 aliphatic rings. The molecule has 7 heteroatoms. The van der Waals surface area contributed by atoms with Crippen molar-refractivity contribution in [3.63, 3.8) is 0 Å². The van der Waals surface area contributed by atoms with E-state index in [0.717, 1.165) is 42.4 Å². The van der Waals surface area contributed by atoms with E-state index in [1.807, 2.05) is 43.1 Å². The predicted molar refractivity (Wildman–Crippen MR) is 126 cm³/mol. The van der Waals surface area contributed by atoms with Crippen molar-refractivity contribution in [3.05, 3.63) is 72.2 Å². The molecule has 7 nitrogen and oxygen atoms in total. The summed E-state index contributed by atoms with van der Waals surface area (Å²) in [5.74, 6) is 1.38. The number of amides is 1. The fourth-order valence-corrected chi connectivity index (χ4v) is 5.35. The highest BCUT2D eigenvalue weighted by Gasteiger charge is 2.51. The first kappa shape index (κ1) is 21.4. The molecule has 1 aromatic carbocycles. The second-order valence-corrected chi connectivity index (χ2v) is 9.47. The third-order valence-electron chi connectivity index (χ3n) is 6.92. The Hall–Kier alpha value is -3.48. The lowest BCUT2D eigenvalue weighted by molar-refractivity contribution is 0.0664. The van der Waals surface area contributed by atoms with Gasteiger partial charge in [0.15, 0.2) is 5.82 Å². The molecular weight excluding hydrogens is 414 g/mol. The number of hydrogen-bond donors (Lipinski definition) is 1. The third kappa shape index (κ3) is 4.03. The lowest BCUT2D eigenvalue weighted by Crippen LogP contribution is -2.42. The number of benzene rings is 1. The van der Waals surface area contributed by atoms with Crippen LogP contribution in [-0.2, 0) is 4.74 Å². The SMILES string of the molecule is CC1(C)OC(=O)N(C2CCC(c3cnc(N)c(-c4ncccn4)c3)CC2)C1c1ccccc1. The maximum Gasteiger partial charge on any atom is 0.411 e. The number of cyclic esters (lactones) is 1. The van der Waals surface area contributed by atoms with Crippen molar-refractivity contribution < 1.29 is 9.53 Å². The van der Waals surface area contributed by atoms with Gasteiger partial charge in [-0.1, -0.05) is 30.3 Å². The van der Waals surface area contributed by atoms with Gasteiger partial charge in [-0.15, -0.1) is 0 Å². The Bertz CT molecular complexity index is 1130. The van der Waals surface area contributed by atoms with Crippen LogP contribution < -0.4 is 5.73 Å². The van der Waals surface area contributed by atoms with E-state index in [2.05, 4.69) is 33.2 Å². The van der Waals surface area contributed by atoms with Gasteiger partial charge in [-0.3, -0.25) is 4.90 Å². The number of carbonyl (C=O) groups excluding carboxylic acids is 1. The summed E-state index contributed by atoms with van der Waals surface area (Å²) in [7, 11) is 0. The largest absolute Gasteiger partial charge is 0.441 e. The molecule has 0 spiro atoms. The Morgan fingerprint density at radius 3 is 2.36 bits per heavy atom. The number of nitrogens with zero attached hydrogens (tertiary/aromatic N) is 4. The van der Waals surface area contributed by atoms with Gasteiger partial charge < -0.3 is 10.5 Å². The molecule has 0 radical (unpaired) electrons. The number of aromatic nitrogens is 3. The zero-order valence-corrected chi connectivity index (χ0v) is 19.0. The van der Waals surface area contributed by atoms with Crippen LogP contribution in [0.5, 0.6) is 0 Å². The molecular formula is C26H29N5O2. The molecule has 1 saturated heterocycles.